The number of hydrogen-bond donors (Lipinski definition) is 3. The molecule has 1 unspecified atom stereocenters. The van der Waals surface area contributed by atoms with Crippen LogP contribution in [0.15, 0.2) is 60.7 Å². The van der Waals surface area contributed by atoms with Crippen molar-refractivity contribution in [3.63, 3.8) is 0 Å². The van der Waals surface area contributed by atoms with Crippen molar-refractivity contribution in [1.29, 1.82) is 0 Å². The van der Waals surface area contributed by atoms with Gasteiger partial charge in [-0.2, -0.15) is 0 Å². The maximum absolute atomic E-state index is 12.4. The molecule has 1 aliphatic carbocycles. The lowest BCUT2D eigenvalue weighted by Gasteiger charge is -2.19. The lowest BCUT2D eigenvalue weighted by Crippen LogP contribution is -2.49. The predicted molar refractivity (Wildman–Crippen MR) is 114 cm³/mol. The highest BCUT2D eigenvalue weighted by molar-refractivity contribution is 5.86. The maximum atomic E-state index is 12.4. The molecule has 0 bridgehead atoms. The van der Waals surface area contributed by atoms with Crippen LogP contribution in [0, 0.1) is 0 Å². The number of methoxy groups -OCH3 is 1. The van der Waals surface area contributed by atoms with E-state index in [0.29, 0.717) is 0 Å². The fourth-order valence-corrected chi connectivity index (χ4v) is 3.57. The molecule has 0 aliphatic heterocycles. The zero-order valence-corrected chi connectivity index (χ0v) is 17.0. The van der Waals surface area contributed by atoms with E-state index in [1.54, 1.807) is 0 Å². The summed E-state index contributed by atoms with van der Waals surface area (Å²) in [6, 6.07) is 15.0. The average molecular weight is 424 g/mol. The third kappa shape index (κ3) is 5.49. The molecule has 31 heavy (non-hydrogen) atoms. The van der Waals surface area contributed by atoms with Gasteiger partial charge in [-0.15, -0.1) is 0 Å². The summed E-state index contributed by atoms with van der Waals surface area (Å²) >= 11 is 0. The Morgan fingerprint density at radius 2 is 1.68 bits per heavy atom. The smallest absolute Gasteiger partial charge is 0.407 e. The molecule has 0 saturated carbocycles. The van der Waals surface area contributed by atoms with Crippen LogP contribution in [0.4, 0.5) is 4.79 Å². The van der Waals surface area contributed by atoms with Gasteiger partial charge in [-0.1, -0.05) is 54.6 Å². The van der Waals surface area contributed by atoms with E-state index in [4.69, 9.17) is 14.6 Å². The van der Waals surface area contributed by atoms with E-state index < -0.39 is 24.0 Å². The minimum absolute atomic E-state index is 0.0116. The van der Waals surface area contributed by atoms with Gasteiger partial charge in [0.05, 0.1) is 6.61 Å². The topological polar surface area (TPSA) is 114 Å². The Bertz CT molecular complexity index is 942. The quantitative estimate of drug-likeness (QED) is 0.532. The number of alkyl carbamates (subject to hydrolysis) is 1. The number of nitrogens with one attached hydrogen (secondary N) is 2. The monoisotopic (exact) mass is 424 g/mol. The number of rotatable bonds is 9. The molecular formula is C23H24N2O6. The van der Waals surface area contributed by atoms with Crippen LogP contribution >= 0.6 is 0 Å². The van der Waals surface area contributed by atoms with Crippen LogP contribution in [-0.2, 0) is 19.1 Å². The molecule has 0 radical (unpaired) electrons. The molecule has 3 rings (SSSR count). The third-order valence-electron chi connectivity index (χ3n) is 4.94. The standard InChI is InChI=1S/C23H24N2O6/c1-30-14-20(22(28)24-12-6-11-21(26)27)25-23(29)31-13-19-17-9-4-2-7-15(17)16-8-3-5-10-18(16)19/h2-11,19-20H,12-14H2,1H3,(H,24,28)(H,25,29)(H,26,27)/b11-6+. The second kappa shape index (κ2) is 10.4. The summed E-state index contributed by atoms with van der Waals surface area (Å²) in [6.45, 7) is 0.0823. The van der Waals surface area contributed by atoms with Crippen molar-refractivity contribution in [1.82, 2.24) is 10.6 Å². The number of carbonyl (C=O) groups excluding carboxylic acids is 2. The van der Waals surface area contributed by atoms with Crippen LogP contribution in [0.1, 0.15) is 17.0 Å². The van der Waals surface area contributed by atoms with Gasteiger partial charge in [0.25, 0.3) is 0 Å². The summed E-state index contributed by atoms with van der Waals surface area (Å²) in [5.74, 6) is -1.71. The first-order valence-corrected chi connectivity index (χ1v) is 9.79. The van der Waals surface area contributed by atoms with Gasteiger partial charge >= 0.3 is 12.1 Å². The molecule has 0 saturated heterocycles. The Hall–Kier alpha value is -3.65. The first-order valence-electron chi connectivity index (χ1n) is 9.79. The molecule has 0 aromatic heterocycles. The number of ether oxygens (including phenoxy) is 2. The van der Waals surface area contributed by atoms with Gasteiger partial charge in [-0.25, -0.2) is 9.59 Å². The number of carbonyl (C=O) groups is 3. The molecule has 0 heterocycles. The fourth-order valence-electron chi connectivity index (χ4n) is 3.57. The summed E-state index contributed by atoms with van der Waals surface area (Å²) < 4.78 is 10.4. The van der Waals surface area contributed by atoms with Gasteiger partial charge in [0.2, 0.25) is 5.91 Å². The van der Waals surface area contributed by atoms with Crippen LogP contribution in [0.25, 0.3) is 11.1 Å². The van der Waals surface area contributed by atoms with Crippen molar-refractivity contribution in [3.8, 4) is 11.1 Å². The van der Waals surface area contributed by atoms with Crippen LogP contribution < -0.4 is 10.6 Å². The molecule has 0 spiro atoms. The Morgan fingerprint density at radius 1 is 1.06 bits per heavy atom. The number of carboxylic acid groups (broad SMARTS) is 1. The Balaban J connectivity index is 1.59. The number of carboxylic acids is 1. The van der Waals surface area contributed by atoms with Gasteiger partial charge in [0.1, 0.15) is 12.6 Å². The van der Waals surface area contributed by atoms with E-state index >= 15 is 0 Å². The lowest BCUT2D eigenvalue weighted by atomic mass is 9.98. The van der Waals surface area contributed by atoms with Crippen molar-refractivity contribution in [2.75, 3.05) is 26.9 Å². The summed E-state index contributed by atoms with van der Waals surface area (Å²) in [6.07, 6.45) is 1.47. The van der Waals surface area contributed by atoms with Crippen LogP contribution in [0.2, 0.25) is 0 Å². The summed E-state index contributed by atoms with van der Waals surface area (Å²) in [4.78, 5) is 35.1. The van der Waals surface area contributed by atoms with E-state index in [9.17, 15) is 14.4 Å². The van der Waals surface area contributed by atoms with Gasteiger partial charge < -0.3 is 25.2 Å². The first kappa shape index (κ1) is 22.0. The predicted octanol–water partition coefficient (Wildman–Crippen LogP) is 2.30. The van der Waals surface area contributed by atoms with Gasteiger partial charge in [-0.3, -0.25) is 4.79 Å². The van der Waals surface area contributed by atoms with Gasteiger partial charge in [0, 0.05) is 25.6 Å². The number of amides is 2. The molecule has 162 valence electrons. The first-order chi connectivity index (χ1) is 15.0. The molecule has 2 aromatic carbocycles. The van der Waals surface area contributed by atoms with E-state index in [0.717, 1.165) is 28.3 Å². The van der Waals surface area contributed by atoms with Crippen LogP contribution in [-0.4, -0.2) is 56.0 Å². The number of hydrogen-bond acceptors (Lipinski definition) is 5. The normalized spacial score (nSPS) is 13.3. The Labute approximate surface area is 179 Å². The number of aliphatic carboxylic acids is 1. The van der Waals surface area contributed by atoms with E-state index in [-0.39, 0.29) is 25.7 Å². The molecular weight excluding hydrogens is 400 g/mol. The van der Waals surface area contributed by atoms with Crippen molar-refractivity contribution in [2.45, 2.75) is 12.0 Å². The summed E-state index contributed by atoms with van der Waals surface area (Å²) in [5.41, 5.74) is 4.43. The van der Waals surface area contributed by atoms with E-state index in [2.05, 4.69) is 10.6 Å². The second-order valence-corrected chi connectivity index (χ2v) is 6.96. The summed E-state index contributed by atoms with van der Waals surface area (Å²) in [7, 11) is 1.41. The van der Waals surface area contributed by atoms with Crippen molar-refractivity contribution in [3.05, 3.63) is 71.8 Å². The van der Waals surface area contributed by atoms with E-state index in [1.165, 1.54) is 13.2 Å². The molecule has 1 aliphatic rings. The molecule has 8 heteroatoms. The minimum Gasteiger partial charge on any atom is -0.478 e. The Morgan fingerprint density at radius 3 is 2.26 bits per heavy atom. The molecule has 1 atom stereocenters. The highest BCUT2D eigenvalue weighted by atomic mass is 16.5. The van der Waals surface area contributed by atoms with Crippen LogP contribution in [0.3, 0.4) is 0 Å². The molecule has 2 aromatic rings. The molecule has 2 amide bonds. The summed E-state index contributed by atoms with van der Waals surface area (Å²) in [5, 5.41) is 13.6. The molecule has 3 N–H and O–H groups in total. The SMILES string of the molecule is COCC(NC(=O)OCC1c2ccccc2-c2ccccc21)C(=O)NC/C=C/C(=O)O. The van der Waals surface area contributed by atoms with Gasteiger partial charge in [-0.05, 0) is 22.3 Å². The Kier molecular flexibility index (Phi) is 7.40. The highest BCUT2D eigenvalue weighted by Gasteiger charge is 2.29. The molecule has 8 nitrogen and oxygen atoms in total. The molecule has 0 fully saturated rings. The largest absolute Gasteiger partial charge is 0.478 e. The number of benzene rings is 2. The zero-order chi connectivity index (χ0) is 22.2. The number of fused-ring (bicyclic) bond motifs is 3. The highest BCUT2D eigenvalue weighted by Crippen LogP contribution is 2.44. The van der Waals surface area contributed by atoms with Gasteiger partial charge in [0.15, 0.2) is 0 Å². The minimum atomic E-state index is -1.11. The second-order valence-electron chi connectivity index (χ2n) is 6.96. The van der Waals surface area contributed by atoms with Crippen molar-refractivity contribution < 1.29 is 29.0 Å². The third-order valence-corrected chi connectivity index (χ3v) is 4.94. The van der Waals surface area contributed by atoms with E-state index in [1.807, 2.05) is 48.5 Å². The van der Waals surface area contributed by atoms with Crippen molar-refractivity contribution >= 4 is 18.0 Å². The lowest BCUT2D eigenvalue weighted by molar-refractivity contribution is -0.131. The van der Waals surface area contributed by atoms with Crippen molar-refractivity contribution in [2.24, 2.45) is 0 Å². The average Bonchev–Trinajstić information content (AvgIpc) is 3.08. The van der Waals surface area contributed by atoms with Crippen LogP contribution in [0.5, 0.6) is 0 Å². The fraction of sp³-hybridized carbons (Fsp3) is 0.261. The maximum Gasteiger partial charge on any atom is 0.407 e. The zero-order valence-electron chi connectivity index (χ0n) is 17.0.